The van der Waals surface area contributed by atoms with Crippen molar-refractivity contribution in [2.45, 2.75) is 12.7 Å². The van der Waals surface area contributed by atoms with Crippen LogP contribution >= 0.6 is 0 Å². The second-order valence-electron chi connectivity index (χ2n) is 6.57. The molecule has 160 valence electrons. The predicted molar refractivity (Wildman–Crippen MR) is 101 cm³/mol. The van der Waals surface area contributed by atoms with Crippen molar-refractivity contribution in [3.63, 3.8) is 0 Å². The summed E-state index contributed by atoms with van der Waals surface area (Å²) in [6.45, 7) is 4.17. The van der Waals surface area contributed by atoms with Crippen LogP contribution in [-0.4, -0.2) is 62.7 Å². The third-order valence-corrected chi connectivity index (χ3v) is 4.56. The summed E-state index contributed by atoms with van der Waals surface area (Å²) in [6.07, 6.45) is 2.33. The van der Waals surface area contributed by atoms with E-state index >= 15 is 0 Å². The zero-order valence-electron chi connectivity index (χ0n) is 15.8. The van der Waals surface area contributed by atoms with Gasteiger partial charge in [-0.05, 0) is 6.07 Å². The summed E-state index contributed by atoms with van der Waals surface area (Å²) in [5.74, 6) is -1.96. The minimum atomic E-state index is -5.08. The van der Waals surface area contributed by atoms with Crippen molar-refractivity contribution in [3.8, 4) is 0 Å². The number of carboxylic acid groups (broad SMARTS) is 1. The molecule has 0 unspecified atom stereocenters. The number of piperazine rings is 1. The molecule has 1 fully saturated rings. The molecule has 0 saturated carbocycles. The molecule has 4 rings (SSSR count). The fourth-order valence-electron chi connectivity index (χ4n) is 3.05. The second kappa shape index (κ2) is 9.08. The number of benzene rings is 1. The van der Waals surface area contributed by atoms with Crippen LogP contribution in [0.1, 0.15) is 5.56 Å². The van der Waals surface area contributed by atoms with E-state index in [1.54, 1.807) is 18.5 Å². The number of hydrogen-bond donors (Lipinski definition) is 1. The number of hydrogen-bond acceptors (Lipinski definition) is 5. The van der Waals surface area contributed by atoms with Crippen molar-refractivity contribution < 1.29 is 27.5 Å². The molecule has 30 heavy (non-hydrogen) atoms. The highest BCUT2D eigenvalue weighted by Crippen LogP contribution is 2.19. The van der Waals surface area contributed by atoms with E-state index in [0.717, 1.165) is 43.2 Å². The van der Waals surface area contributed by atoms with Gasteiger partial charge in [0.05, 0.1) is 0 Å². The monoisotopic (exact) mass is 425 g/mol. The molecule has 1 aliphatic heterocycles. The molecule has 7 nitrogen and oxygen atoms in total. The van der Waals surface area contributed by atoms with Crippen LogP contribution in [0.25, 0.3) is 5.65 Å². The molecule has 1 N–H and O–H groups in total. The molecule has 2 aromatic heterocycles. The number of rotatable bonds is 3. The smallest absolute Gasteiger partial charge is 0.475 e. The highest BCUT2D eigenvalue weighted by atomic mass is 19.4. The average molecular weight is 425 g/mol. The highest BCUT2D eigenvalue weighted by molar-refractivity contribution is 5.73. The van der Waals surface area contributed by atoms with Crippen LogP contribution in [0.3, 0.4) is 0 Å². The Hall–Kier alpha value is -3.21. The summed E-state index contributed by atoms with van der Waals surface area (Å²) >= 11 is 0. The minimum Gasteiger partial charge on any atom is -0.475 e. The Morgan fingerprint density at radius 2 is 1.63 bits per heavy atom. The molecule has 3 heterocycles. The molecule has 0 bridgehead atoms. The van der Waals surface area contributed by atoms with E-state index in [1.165, 1.54) is 6.07 Å². The zero-order valence-corrected chi connectivity index (χ0v) is 15.8. The molecule has 11 heteroatoms. The van der Waals surface area contributed by atoms with Crippen LogP contribution in [0.4, 0.5) is 23.4 Å². The molecular formula is C19H19F4N5O2. The normalized spacial score (nSPS) is 15.0. The lowest BCUT2D eigenvalue weighted by Gasteiger charge is -2.35. The first kappa shape index (κ1) is 21.5. The predicted octanol–water partition coefficient (Wildman–Crippen LogP) is 2.82. The van der Waals surface area contributed by atoms with Gasteiger partial charge in [-0.3, -0.25) is 4.90 Å². The molecule has 0 aliphatic carbocycles. The summed E-state index contributed by atoms with van der Waals surface area (Å²) in [5.41, 5.74) is 1.64. The molecule has 0 amide bonds. The van der Waals surface area contributed by atoms with Crippen LogP contribution in [0.5, 0.6) is 0 Å². The third-order valence-electron chi connectivity index (χ3n) is 4.56. The van der Waals surface area contributed by atoms with E-state index < -0.39 is 12.1 Å². The van der Waals surface area contributed by atoms with Crippen molar-refractivity contribution in [1.82, 2.24) is 19.3 Å². The van der Waals surface area contributed by atoms with Crippen molar-refractivity contribution in [2.24, 2.45) is 0 Å². The number of halogens is 4. The average Bonchev–Trinajstić information content (AvgIpc) is 3.19. The SMILES string of the molecule is Fc1ccccc1CN1CCN(c2nccn3ccnc23)CC1.O=C(O)C(F)(F)F. The number of fused-ring (bicyclic) bond motifs is 1. The lowest BCUT2D eigenvalue weighted by molar-refractivity contribution is -0.192. The summed E-state index contributed by atoms with van der Waals surface area (Å²) in [5, 5.41) is 7.12. The molecule has 3 aromatic rings. The van der Waals surface area contributed by atoms with Gasteiger partial charge >= 0.3 is 12.1 Å². The number of alkyl halides is 3. The standard InChI is InChI=1S/C17H18FN5.C2HF3O2/c18-15-4-2-1-3-14(15)13-21-9-11-23(12-10-21)17-16-19-5-7-22(16)8-6-20-17;3-2(4,5)1(6)7/h1-8H,9-13H2;(H,6,7). The van der Waals surface area contributed by atoms with Gasteiger partial charge in [0.25, 0.3) is 0 Å². The maximum Gasteiger partial charge on any atom is 0.490 e. The van der Waals surface area contributed by atoms with Crippen molar-refractivity contribution >= 4 is 17.4 Å². The first-order valence-corrected chi connectivity index (χ1v) is 9.04. The Morgan fingerprint density at radius 3 is 2.23 bits per heavy atom. The minimum absolute atomic E-state index is 0.126. The first-order chi connectivity index (χ1) is 14.3. The topological polar surface area (TPSA) is 74.0 Å². The van der Waals surface area contributed by atoms with Crippen LogP contribution in [0.2, 0.25) is 0 Å². The van der Waals surface area contributed by atoms with Crippen LogP contribution in [-0.2, 0) is 11.3 Å². The van der Waals surface area contributed by atoms with Crippen LogP contribution < -0.4 is 4.90 Å². The Kier molecular flexibility index (Phi) is 6.50. The van der Waals surface area contributed by atoms with Gasteiger partial charge in [-0.2, -0.15) is 13.2 Å². The maximum absolute atomic E-state index is 13.8. The van der Waals surface area contributed by atoms with Crippen molar-refractivity contribution in [2.75, 3.05) is 31.1 Å². The Morgan fingerprint density at radius 1 is 1.03 bits per heavy atom. The Labute approximate surface area is 169 Å². The Balaban J connectivity index is 0.000000318. The molecule has 0 atom stereocenters. The molecule has 1 saturated heterocycles. The third kappa shape index (κ3) is 5.23. The first-order valence-electron chi connectivity index (χ1n) is 9.04. The van der Waals surface area contributed by atoms with Gasteiger partial charge in [0.1, 0.15) is 5.82 Å². The Bertz CT molecular complexity index is 1000. The quantitative estimate of drug-likeness (QED) is 0.651. The van der Waals surface area contributed by atoms with E-state index in [0.29, 0.717) is 6.54 Å². The maximum atomic E-state index is 13.8. The van der Waals surface area contributed by atoms with Gasteiger partial charge in [-0.15, -0.1) is 0 Å². The number of carboxylic acids is 1. The summed E-state index contributed by atoms with van der Waals surface area (Å²) in [4.78, 5) is 22.3. The van der Waals surface area contributed by atoms with Crippen molar-refractivity contribution in [3.05, 3.63) is 60.4 Å². The van der Waals surface area contributed by atoms with Gasteiger partial charge in [0, 0.05) is 63.1 Å². The number of imidazole rings is 1. The number of carbonyl (C=O) groups is 1. The van der Waals surface area contributed by atoms with Crippen LogP contribution in [0, 0.1) is 5.82 Å². The summed E-state index contributed by atoms with van der Waals surface area (Å²) < 4.78 is 47.5. The van der Waals surface area contributed by atoms with E-state index in [9.17, 15) is 17.6 Å². The van der Waals surface area contributed by atoms with Gasteiger partial charge < -0.3 is 14.4 Å². The van der Waals surface area contributed by atoms with Crippen molar-refractivity contribution in [1.29, 1.82) is 0 Å². The fourth-order valence-corrected chi connectivity index (χ4v) is 3.05. The fraction of sp³-hybridized carbons (Fsp3) is 0.316. The van der Waals surface area contributed by atoms with Crippen LogP contribution in [0.15, 0.2) is 49.1 Å². The number of aromatic nitrogens is 3. The number of nitrogens with zero attached hydrogens (tertiary/aromatic N) is 5. The highest BCUT2D eigenvalue weighted by Gasteiger charge is 2.38. The molecule has 0 spiro atoms. The number of anilines is 1. The van der Waals surface area contributed by atoms with Gasteiger partial charge in [0.15, 0.2) is 11.5 Å². The lowest BCUT2D eigenvalue weighted by Crippen LogP contribution is -2.46. The van der Waals surface area contributed by atoms with Gasteiger partial charge in [-0.1, -0.05) is 18.2 Å². The molecule has 0 radical (unpaired) electrons. The van der Waals surface area contributed by atoms with E-state index in [2.05, 4.69) is 19.8 Å². The van der Waals surface area contributed by atoms with Gasteiger partial charge in [-0.25, -0.2) is 19.2 Å². The van der Waals surface area contributed by atoms with E-state index in [1.807, 2.05) is 28.9 Å². The lowest BCUT2D eigenvalue weighted by atomic mass is 10.2. The van der Waals surface area contributed by atoms with Gasteiger partial charge in [0.2, 0.25) is 0 Å². The van der Waals surface area contributed by atoms with E-state index in [-0.39, 0.29) is 5.82 Å². The molecule has 1 aromatic carbocycles. The second-order valence-corrected chi connectivity index (χ2v) is 6.57. The van der Waals surface area contributed by atoms with E-state index in [4.69, 9.17) is 9.90 Å². The molecule has 1 aliphatic rings. The zero-order chi connectivity index (χ0) is 21.7. The summed E-state index contributed by atoms with van der Waals surface area (Å²) in [6, 6.07) is 6.99. The number of aliphatic carboxylic acids is 1. The largest absolute Gasteiger partial charge is 0.490 e. The summed E-state index contributed by atoms with van der Waals surface area (Å²) in [7, 11) is 0. The molecular weight excluding hydrogens is 406 g/mol.